The number of phenolic OH excluding ortho intramolecular Hbond substituents is 1. The molecule has 0 fully saturated rings. The minimum atomic E-state index is -0.864. The second-order valence-electron chi connectivity index (χ2n) is 11.7. The molecule has 2 aromatic rings. The van der Waals surface area contributed by atoms with Crippen LogP contribution in [0.25, 0.3) is 5.70 Å². The molecule has 1 unspecified atom stereocenters. The molecule has 2 aliphatic rings. The molecule has 0 radical (unpaired) electrons. The average Bonchev–Trinajstić information content (AvgIpc) is 3.42. The molecule has 5 N–H and O–H groups in total. The minimum absolute atomic E-state index is 0.0221. The zero-order valence-electron chi connectivity index (χ0n) is 24.7. The number of primary amides is 1. The fraction of sp³-hybridized carbons (Fsp3) is 0.455. The molecule has 0 saturated carbocycles. The van der Waals surface area contributed by atoms with Gasteiger partial charge in [-0.15, -0.1) is 0 Å². The number of aliphatic hydroxyl groups is 2. The smallest absolute Gasteiger partial charge is 0.224 e. The van der Waals surface area contributed by atoms with E-state index in [1.807, 2.05) is 31.1 Å². The van der Waals surface area contributed by atoms with Crippen molar-refractivity contribution in [2.45, 2.75) is 51.4 Å². The van der Waals surface area contributed by atoms with E-state index in [0.29, 0.717) is 43.2 Å². The van der Waals surface area contributed by atoms with Gasteiger partial charge in [0.2, 0.25) is 5.91 Å². The van der Waals surface area contributed by atoms with Crippen LogP contribution in [-0.4, -0.2) is 65.8 Å². The van der Waals surface area contributed by atoms with Crippen molar-refractivity contribution in [1.29, 1.82) is 0 Å². The van der Waals surface area contributed by atoms with Crippen molar-refractivity contribution < 1.29 is 34.1 Å². The monoisotopic (exact) mass is 593 g/mol. The largest absolute Gasteiger partial charge is 0.507 e. The van der Waals surface area contributed by atoms with Crippen LogP contribution < -0.4 is 10.6 Å². The lowest BCUT2D eigenvalue weighted by atomic mass is 9.73. The molecule has 9 nitrogen and oxygen atoms in total. The molecule has 0 saturated heterocycles. The second kappa shape index (κ2) is 14.1. The van der Waals surface area contributed by atoms with Gasteiger partial charge in [-0.3, -0.25) is 19.4 Å². The standard InChI is InChI=1S/C33H40FN3O6/c1-37(2)28-16-22(5-8-24-9-10-27(36-24)20-3-6-23(34)7-4-20)33(43)32-25(28)14-19(15-30(32)41)13-21(11-12-38)26(18-39)29(40)17-31(35)42/h3-4,6-7,10,16,19,21,26,38-39,43H,5,8-9,11-15,17-18H2,1-2H3,(H2,35,42)/t19-,21-,26?/m1/s1. The number of aliphatic imine (C=N–C) groups is 1. The van der Waals surface area contributed by atoms with Crippen molar-refractivity contribution in [2.24, 2.45) is 28.5 Å². The Balaban J connectivity index is 1.53. The highest BCUT2D eigenvalue weighted by Crippen LogP contribution is 2.43. The molecule has 0 aromatic heterocycles. The number of aryl methyl sites for hydroxylation is 1. The van der Waals surface area contributed by atoms with Gasteiger partial charge in [0.25, 0.3) is 0 Å². The summed E-state index contributed by atoms with van der Waals surface area (Å²) in [4.78, 5) is 44.1. The summed E-state index contributed by atoms with van der Waals surface area (Å²) in [5, 5.41) is 30.9. The van der Waals surface area contributed by atoms with Crippen LogP contribution in [0.4, 0.5) is 10.1 Å². The summed E-state index contributed by atoms with van der Waals surface area (Å²) in [5.41, 5.74) is 10.3. The van der Waals surface area contributed by atoms with Crippen LogP contribution >= 0.6 is 0 Å². The minimum Gasteiger partial charge on any atom is -0.507 e. The van der Waals surface area contributed by atoms with Crippen LogP contribution in [-0.2, 0) is 22.4 Å². The summed E-state index contributed by atoms with van der Waals surface area (Å²) >= 11 is 0. The number of ketones is 2. The maximum atomic E-state index is 13.5. The molecule has 1 amide bonds. The van der Waals surface area contributed by atoms with Gasteiger partial charge in [-0.25, -0.2) is 4.39 Å². The van der Waals surface area contributed by atoms with Gasteiger partial charge in [-0.1, -0.05) is 6.08 Å². The molecular formula is C33H40FN3O6. The zero-order chi connectivity index (χ0) is 31.3. The number of fused-ring (bicyclic) bond motifs is 1. The number of halogens is 1. The summed E-state index contributed by atoms with van der Waals surface area (Å²) in [6.45, 7) is -0.686. The van der Waals surface area contributed by atoms with E-state index < -0.39 is 36.6 Å². The lowest BCUT2D eigenvalue weighted by Crippen LogP contribution is -2.34. The van der Waals surface area contributed by atoms with Gasteiger partial charge in [0.1, 0.15) is 17.3 Å². The summed E-state index contributed by atoms with van der Waals surface area (Å²) in [6, 6.07) is 8.10. The first-order chi connectivity index (χ1) is 20.5. The normalized spacial score (nSPS) is 17.6. The van der Waals surface area contributed by atoms with Crippen LogP contribution in [0.2, 0.25) is 0 Å². The number of carbonyl (C=O) groups is 3. The SMILES string of the molecule is CN(C)c1cc(CCC2=NC(c3ccc(F)cc3)=CC2)c(O)c2c1C[C@@H](C[C@@H](CCO)C(CO)C(=O)CC(N)=O)CC2=O. The third-order valence-electron chi connectivity index (χ3n) is 8.49. The summed E-state index contributed by atoms with van der Waals surface area (Å²) in [5.74, 6) is -3.25. The third-order valence-corrected chi connectivity index (χ3v) is 8.49. The van der Waals surface area contributed by atoms with Crippen molar-refractivity contribution in [1.82, 2.24) is 0 Å². The Labute approximate surface area is 250 Å². The van der Waals surface area contributed by atoms with E-state index in [0.717, 1.165) is 28.2 Å². The first kappa shape index (κ1) is 32.0. The predicted molar refractivity (Wildman–Crippen MR) is 163 cm³/mol. The number of aromatic hydroxyl groups is 1. The Hall–Kier alpha value is -3.89. The number of rotatable bonds is 14. The van der Waals surface area contributed by atoms with Crippen molar-refractivity contribution in [2.75, 3.05) is 32.2 Å². The Morgan fingerprint density at radius 1 is 1.14 bits per heavy atom. The van der Waals surface area contributed by atoms with Crippen molar-refractivity contribution in [3.63, 3.8) is 0 Å². The molecule has 4 rings (SSSR count). The lowest BCUT2D eigenvalue weighted by Gasteiger charge is -2.33. The molecule has 43 heavy (non-hydrogen) atoms. The summed E-state index contributed by atoms with van der Waals surface area (Å²) < 4.78 is 13.3. The van der Waals surface area contributed by atoms with E-state index in [4.69, 9.17) is 10.7 Å². The first-order valence-electron chi connectivity index (χ1n) is 14.7. The number of phenols is 1. The first-order valence-corrected chi connectivity index (χ1v) is 14.7. The van der Waals surface area contributed by atoms with Gasteiger partial charge in [-0.05, 0) is 91.0 Å². The van der Waals surface area contributed by atoms with Crippen molar-refractivity contribution in [3.8, 4) is 5.75 Å². The van der Waals surface area contributed by atoms with Crippen molar-refractivity contribution in [3.05, 3.63) is 64.5 Å². The van der Waals surface area contributed by atoms with Crippen LogP contribution in [0, 0.1) is 23.6 Å². The maximum absolute atomic E-state index is 13.5. The van der Waals surface area contributed by atoms with Gasteiger partial charge < -0.3 is 26.0 Å². The number of nitrogens with zero attached hydrogens (tertiary/aromatic N) is 2. The number of benzene rings is 2. The van der Waals surface area contributed by atoms with Crippen LogP contribution in [0.15, 0.2) is 41.4 Å². The molecule has 1 aliphatic heterocycles. The van der Waals surface area contributed by atoms with E-state index in [-0.39, 0.29) is 42.7 Å². The highest BCUT2D eigenvalue weighted by molar-refractivity contribution is 6.03. The van der Waals surface area contributed by atoms with E-state index in [1.54, 1.807) is 12.1 Å². The molecule has 1 aliphatic carbocycles. The molecule has 10 heteroatoms. The number of anilines is 1. The Bertz CT molecular complexity index is 1430. The topological polar surface area (TPSA) is 154 Å². The number of aliphatic hydroxyl groups excluding tert-OH is 2. The van der Waals surface area contributed by atoms with Crippen LogP contribution in [0.5, 0.6) is 5.75 Å². The Morgan fingerprint density at radius 2 is 1.86 bits per heavy atom. The summed E-state index contributed by atoms with van der Waals surface area (Å²) in [6.07, 6.45) is 4.49. The van der Waals surface area contributed by atoms with E-state index in [9.17, 15) is 34.1 Å². The van der Waals surface area contributed by atoms with Gasteiger partial charge in [-0.2, -0.15) is 0 Å². The number of amides is 1. The zero-order valence-corrected chi connectivity index (χ0v) is 24.7. The molecular weight excluding hydrogens is 553 g/mol. The number of hydrogen-bond donors (Lipinski definition) is 4. The van der Waals surface area contributed by atoms with Crippen molar-refractivity contribution >= 4 is 34.6 Å². The third kappa shape index (κ3) is 7.55. The Morgan fingerprint density at radius 3 is 2.49 bits per heavy atom. The predicted octanol–water partition coefficient (Wildman–Crippen LogP) is 3.60. The molecule has 230 valence electrons. The average molecular weight is 594 g/mol. The highest BCUT2D eigenvalue weighted by Gasteiger charge is 2.36. The molecule has 1 heterocycles. The summed E-state index contributed by atoms with van der Waals surface area (Å²) in [7, 11) is 3.76. The van der Waals surface area contributed by atoms with E-state index in [2.05, 4.69) is 0 Å². The molecule has 0 bridgehead atoms. The second-order valence-corrected chi connectivity index (χ2v) is 11.7. The number of allylic oxidation sites excluding steroid dienone is 1. The van der Waals surface area contributed by atoms with Gasteiger partial charge >= 0.3 is 0 Å². The number of Topliss-reactive ketones (excluding diaryl/α,β-unsaturated/α-hetero) is 2. The van der Waals surface area contributed by atoms with Gasteiger partial charge in [0, 0.05) is 50.9 Å². The van der Waals surface area contributed by atoms with Gasteiger partial charge in [0.05, 0.1) is 24.3 Å². The van der Waals surface area contributed by atoms with E-state index >= 15 is 0 Å². The maximum Gasteiger partial charge on any atom is 0.224 e. The fourth-order valence-corrected chi connectivity index (χ4v) is 6.35. The molecule has 2 aromatic carbocycles. The number of carbonyl (C=O) groups excluding carboxylic acids is 3. The lowest BCUT2D eigenvalue weighted by molar-refractivity contribution is -0.131. The number of hydrogen-bond acceptors (Lipinski definition) is 8. The van der Waals surface area contributed by atoms with Gasteiger partial charge in [0.15, 0.2) is 5.78 Å². The quantitative estimate of drug-likeness (QED) is 0.244. The fourth-order valence-electron chi connectivity index (χ4n) is 6.35. The Kier molecular flexibility index (Phi) is 10.5. The highest BCUT2D eigenvalue weighted by atomic mass is 19.1. The molecule has 3 atom stereocenters. The van der Waals surface area contributed by atoms with E-state index in [1.165, 1.54) is 12.1 Å². The van der Waals surface area contributed by atoms with Crippen LogP contribution in [0.1, 0.15) is 65.6 Å². The molecule has 0 spiro atoms. The number of nitrogens with two attached hydrogens (primary N) is 1. The van der Waals surface area contributed by atoms with Crippen LogP contribution in [0.3, 0.4) is 0 Å².